The Balaban J connectivity index is 2.17. The van der Waals surface area contributed by atoms with Gasteiger partial charge in [-0.1, -0.05) is 35.9 Å². The maximum atomic E-state index is 13.5. The van der Waals surface area contributed by atoms with Crippen LogP contribution >= 0.6 is 0 Å². The van der Waals surface area contributed by atoms with Crippen molar-refractivity contribution in [1.29, 1.82) is 0 Å². The molecular weight excluding hydrogens is 259 g/mol. The molecule has 4 heteroatoms. The van der Waals surface area contributed by atoms with Gasteiger partial charge in [0.05, 0.1) is 6.42 Å². The topological polar surface area (TPSA) is 46.5 Å². The van der Waals surface area contributed by atoms with Crippen molar-refractivity contribution >= 4 is 5.97 Å². The Bertz CT molecular complexity index is 623. The Labute approximate surface area is 116 Å². The minimum absolute atomic E-state index is 0.0718. The Hall–Kier alpha value is -2.36. The predicted molar refractivity (Wildman–Crippen MR) is 73.3 cm³/mol. The van der Waals surface area contributed by atoms with Gasteiger partial charge in [-0.2, -0.15) is 0 Å². The second kappa shape index (κ2) is 6.19. The lowest BCUT2D eigenvalue weighted by atomic mass is 10.1. The summed E-state index contributed by atoms with van der Waals surface area (Å²) >= 11 is 0. The number of carboxylic acid groups (broad SMARTS) is 1. The molecule has 0 unspecified atom stereocenters. The van der Waals surface area contributed by atoms with E-state index in [-0.39, 0.29) is 18.8 Å². The first-order valence-electron chi connectivity index (χ1n) is 6.24. The first-order chi connectivity index (χ1) is 9.56. The summed E-state index contributed by atoms with van der Waals surface area (Å²) in [5.74, 6) is -0.785. The number of hydrogen-bond donors (Lipinski definition) is 1. The van der Waals surface area contributed by atoms with Gasteiger partial charge < -0.3 is 9.84 Å². The monoisotopic (exact) mass is 274 g/mol. The van der Waals surface area contributed by atoms with Crippen molar-refractivity contribution in [2.24, 2.45) is 0 Å². The van der Waals surface area contributed by atoms with Gasteiger partial charge in [0, 0.05) is 11.1 Å². The van der Waals surface area contributed by atoms with Gasteiger partial charge in [0.25, 0.3) is 0 Å². The quantitative estimate of drug-likeness (QED) is 0.909. The van der Waals surface area contributed by atoms with Crippen molar-refractivity contribution in [3.63, 3.8) is 0 Å². The molecule has 2 aromatic rings. The number of rotatable bonds is 5. The van der Waals surface area contributed by atoms with Crippen LogP contribution in [0.15, 0.2) is 42.5 Å². The fourth-order valence-electron chi connectivity index (χ4n) is 1.92. The highest BCUT2D eigenvalue weighted by atomic mass is 19.1. The van der Waals surface area contributed by atoms with E-state index in [1.165, 1.54) is 6.07 Å². The summed E-state index contributed by atoms with van der Waals surface area (Å²) in [7, 11) is 0. The van der Waals surface area contributed by atoms with Gasteiger partial charge in [0.15, 0.2) is 0 Å². The molecule has 0 aliphatic rings. The number of aliphatic carboxylic acids is 1. The number of ether oxygens (including phenoxy) is 1. The van der Waals surface area contributed by atoms with E-state index in [0.29, 0.717) is 16.9 Å². The minimum Gasteiger partial charge on any atom is -0.488 e. The fraction of sp³-hybridized carbons (Fsp3) is 0.188. The number of benzene rings is 2. The van der Waals surface area contributed by atoms with Crippen LogP contribution in [0.1, 0.15) is 16.7 Å². The van der Waals surface area contributed by atoms with Crippen molar-refractivity contribution < 1.29 is 19.0 Å². The SMILES string of the molecule is Cc1ccc(OCc2ccccc2F)c(CC(=O)O)c1. The van der Waals surface area contributed by atoms with Crippen molar-refractivity contribution in [3.8, 4) is 5.75 Å². The standard InChI is InChI=1S/C16H15FO3/c1-11-6-7-15(13(8-11)9-16(18)19)20-10-12-4-2-3-5-14(12)17/h2-8H,9-10H2,1H3,(H,18,19). The summed E-state index contributed by atoms with van der Waals surface area (Å²) < 4.78 is 19.0. The number of halogens is 1. The van der Waals surface area contributed by atoms with E-state index in [0.717, 1.165) is 5.56 Å². The molecule has 2 rings (SSSR count). The smallest absolute Gasteiger partial charge is 0.307 e. The summed E-state index contributed by atoms with van der Waals surface area (Å²) in [6, 6.07) is 11.7. The maximum absolute atomic E-state index is 13.5. The highest BCUT2D eigenvalue weighted by Gasteiger charge is 2.09. The van der Waals surface area contributed by atoms with Gasteiger partial charge in [-0.05, 0) is 19.1 Å². The Morgan fingerprint density at radius 2 is 1.95 bits per heavy atom. The second-order valence-electron chi connectivity index (χ2n) is 4.56. The van der Waals surface area contributed by atoms with E-state index in [2.05, 4.69) is 0 Å². The Morgan fingerprint density at radius 3 is 2.65 bits per heavy atom. The van der Waals surface area contributed by atoms with Crippen LogP contribution in [0.2, 0.25) is 0 Å². The first kappa shape index (κ1) is 14.1. The van der Waals surface area contributed by atoms with Crippen LogP contribution in [0, 0.1) is 12.7 Å². The molecule has 0 aromatic heterocycles. The molecule has 0 aliphatic carbocycles. The van der Waals surface area contributed by atoms with E-state index >= 15 is 0 Å². The Morgan fingerprint density at radius 1 is 1.20 bits per heavy atom. The average molecular weight is 274 g/mol. The van der Waals surface area contributed by atoms with Crippen molar-refractivity contribution in [2.75, 3.05) is 0 Å². The molecule has 0 heterocycles. The molecule has 0 amide bonds. The Kier molecular flexibility index (Phi) is 4.35. The second-order valence-corrected chi connectivity index (χ2v) is 4.56. The summed E-state index contributed by atoms with van der Waals surface area (Å²) in [5, 5.41) is 8.90. The van der Waals surface area contributed by atoms with Gasteiger partial charge in [0.1, 0.15) is 18.2 Å². The summed E-state index contributed by atoms with van der Waals surface area (Å²) in [4.78, 5) is 10.8. The molecule has 0 fully saturated rings. The highest BCUT2D eigenvalue weighted by molar-refractivity contribution is 5.71. The highest BCUT2D eigenvalue weighted by Crippen LogP contribution is 2.22. The predicted octanol–water partition coefficient (Wildman–Crippen LogP) is 3.34. The van der Waals surface area contributed by atoms with Gasteiger partial charge in [-0.3, -0.25) is 4.79 Å². The van der Waals surface area contributed by atoms with Crippen molar-refractivity contribution in [3.05, 3.63) is 65.0 Å². The first-order valence-corrected chi connectivity index (χ1v) is 6.24. The molecule has 20 heavy (non-hydrogen) atoms. The maximum Gasteiger partial charge on any atom is 0.307 e. The average Bonchev–Trinajstić information content (AvgIpc) is 2.39. The minimum atomic E-state index is -0.925. The van der Waals surface area contributed by atoms with Crippen LogP contribution in [0.3, 0.4) is 0 Å². The molecule has 0 aliphatic heterocycles. The fourth-order valence-corrected chi connectivity index (χ4v) is 1.92. The van der Waals surface area contributed by atoms with E-state index in [1.807, 2.05) is 13.0 Å². The van der Waals surface area contributed by atoms with Crippen LogP contribution < -0.4 is 4.74 Å². The molecule has 0 atom stereocenters. The molecule has 1 N–H and O–H groups in total. The molecule has 104 valence electrons. The lowest BCUT2D eigenvalue weighted by Gasteiger charge is -2.11. The van der Waals surface area contributed by atoms with E-state index < -0.39 is 5.97 Å². The number of carboxylic acids is 1. The lowest BCUT2D eigenvalue weighted by molar-refractivity contribution is -0.136. The molecule has 0 saturated carbocycles. The largest absolute Gasteiger partial charge is 0.488 e. The van der Waals surface area contributed by atoms with Crippen molar-refractivity contribution in [2.45, 2.75) is 20.0 Å². The third-order valence-corrected chi connectivity index (χ3v) is 2.90. The van der Waals surface area contributed by atoms with Crippen LogP contribution in [-0.2, 0) is 17.8 Å². The van der Waals surface area contributed by atoms with Crippen LogP contribution in [0.4, 0.5) is 4.39 Å². The molecule has 0 radical (unpaired) electrons. The molecular formula is C16H15FO3. The zero-order chi connectivity index (χ0) is 14.5. The van der Waals surface area contributed by atoms with Gasteiger partial charge >= 0.3 is 5.97 Å². The van der Waals surface area contributed by atoms with Gasteiger partial charge in [-0.15, -0.1) is 0 Å². The van der Waals surface area contributed by atoms with Crippen LogP contribution in [0.5, 0.6) is 5.75 Å². The zero-order valence-electron chi connectivity index (χ0n) is 11.1. The van der Waals surface area contributed by atoms with Crippen LogP contribution in [-0.4, -0.2) is 11.1 Å². The number of aryl methyl sites for hydroxylation is 1. The molecule has 0 saturated heterocycles. The van der Waals surface area contributed by atoms with Crippen molar-refractivity contribution in [1.82, 2.24) is 0 Å². The molecule has 0 spiro atoms. The molecule has 2 aromatic carbocycles. The third kappa shape index (κ3) is 3.57. The van der Waals surface area contributed by atoms with Crippen LogP contribution in [0.25, 0.3) is 0 Å². The van der Waals surface area contributed by atoms with Gasteiger partial charge in [-0.25, -0.2) is 4.39 Å². The molecule has 3 nitrogen and oxygen atoms in total. The number of carbonyl (C=O) groups is 1. The summed E-state index contributed by atoms with van der Waals surface area (Å²) in [6.45, 7) is 1.95. The third-order valence-electron chi connectivity index (χ3n) is 2.90. The molecule has 0 bridgehead atoms. The zero-order valence-corrected chi connectivity index (χ0v) is 11.1. The van der Waals surface area contributed by atoms with E-state index in [1.54, 1.807) is 30.3 Å². The normalized spacial score (nSPS) is 10.3. The lowest BCUT2D eigenvalue weighted by Crippen LogP contribution is -2.05. The summed E-state index contributed by atoms with van der Waals surface area (Å²) in [6.07, 6.45) is -0.117. The van der Waals surface area contributed by atoms with Gasteiger partial charge in [0.2, 0.25) is 0 Å². The van der Waals surface area contributed by atoms with E-state index in [4.69, 9.17) is 9.84 Å². The summed E-state index contributed by atoms with van der Waals surface area (Å²) in [5.41, 5.74) is 1.99. The number of hydrogen-bond acceptors (Lipinski definition) is 2. The van der Waals surface area contributed by atoms with E-state index in [9.17, 15) is 9.18 Å².